The van der Waals surface area contributed by atoms with Crippen LogP contribution in [-0.2, 0) is 9.53 Å². The van der Waals surface area contributed by atoms with Gasteiger partial charge < -0.3 is 20.1 Å². The van der Waals surface area contributed by atoms with Crippen molar-refractivity contribution in [2.75, 3.05) is 26.7 Å². The fraction of sp³-hybridized carbons (Fsp3) is 0.867. The molecule has 0 aliphatic carbocycles. The van der Waals surface area contributed by atoms with Gasteiger partial charge in [0.2, 0.25) is 0 Å². The van der Waals surface area contributed by atoms with Gasteiger partial charge in [0, 0.05) is 33.2 Å². The first-order chi connectivity index (χ1) is 10.0. The number of urea groups is 1. The summed E-state index contributed by atoms with van der Waals surface area (Å²) >= 11 is 0. The normalized spacial score (nSPS) is 19.2. The molecule has 1 aliphatic rings. The number of hydrogen-bond acceptors (Lipinski definition) is 3. The zero-order valence-corrected chi connectivity index (χ0v) is 13.1. The van der Waals surface area contributed by atoms with E-state index < -0.39 is 5.97 Å². The third kappa shape index (κ3) is 7.32. The number of aliphatic carboxylic acids is 1. The first kappa shape index (κ1) is 17.8. The maximum absolute atomic E-state index is 11.9. The summed E-state index contributed by atoms with van der Waals surface area (Å²) in [6.45, 7) is 4.06. The fourth-order valence-corrected chi connectivity index (χ4v) is 2.58. The van der Waals surface area contributed by atoms with E-state index in [0.29, 0.717) is 25.4 Å². The molecule has 2 atom stereocenters. The minimum atomic E-state index is -0.756. The monoisotopic (exact) mass is 300 g/mol. The zero-order chi connectivity index (χ0) is 15.7. The Bertz CT molecular complexity index is 330. The number of nitrogens with zero attached hydrogens (tertiary/aromatic N) is 1. The summed E-state index contributed by atoms with van der Waals surface area (Å²) in [4.78, 5) is 24.2. The second kappa shape index (κ2) is 9.60. The molecule has 6 nitrogen and oxygen atoms in total. The number of ether oxygens (including phenoxy) is 1. The highest BCUT2D eigenvalue weighted by molar-refractivity contribution is 5.73. The van der Waals surface area contributed by atoms with Crippen LogP contribution < -0.4 is 5.32 Å². The van der Waals surface area contributed by atoms with Gasteiger partial charge in [-0.3, -0.25) is 4.79 Å². The number of carbonyl (C=O) groups excluding carboxylic acids is 1. The van der Waals surface area contributed by atoms with Crippen molar-refractivity contribution in [3.05, 3.63) is 0 Å². The van der Waals surface area contributed by atoms with Gasteiger partial charge in [-0.15, -0.1) is 0 Å². The summed E-state index contributed by atoms with van der Waals surface area (Å²) in [6, 6.07) is -0.0846. The molecule has 0 aromatic rings. The largest absolute Gasteiger partial charge is 0.481 e. The van der Waals surface area contributed by atoms with Crippen LogP contribution in [-0.4, -0.2) is 54.9 Å². The molecule has 0 saturated carbocycles. The Morgan fingerprint density at radius 3 is 2.76 bits per heavy atom. The molecule has 1 aliphatic heterocycles. The molecule has 2 amide bonds. The lowest BCUT2D eigenvalue weighted by molar-refractivity contribution is -0.137. The fourth-order valence-electron chi connectivity index (χ4n) is 2.58. The Morgan fingerprint density at radius 2 is 2.19 bits per heavy atom. The van der Waals surface area contributed by atoms with Crippen LogP contribution in [0, 0.1) is 5.92 Å². The van der Waals surface area contributed by atoms with Crippen molar-refractivity contribution >= 4 is 12.0 Å². The quantitative estimate of drug-likeness (QED) is 0.683. The summed E-state index contributed by atoms with van der Waals surface area (Å²) in [5.41, 5.74) is 0. The summed E-state index contributed by atoms with van der Waals surface area (Å²) in [5.74, 6) is -0.404. The molecule has 1 heterocycles. The number of carbonyl (C=O) groups is 2. The van der Waals surface area contributed by atoms with Gasteiger partial charge in [-0.2, -0.15) is 0 Å². The van der Waals surface area contributed by atoms with Crippen LogP contribution in [0.5, 0.6) is 0 Å². The van der Waals surface area contributed by atoms with Gasteiger partial charge >= 0.3 is 12.0 Å². The standard InChI is InChI=1S/C15H28N2O4/c1-3-12(6-7-14(18)19)8-9-16-15(20)17(2)11-13-5-4-10-21-13/h12-13H,3-11H2,1-2H3,(H,16,20)(H,18,19). The number of amides is 2. The Hall–Kier alpha value is -1.30. The van der Waals surface area contributed by atoms with Gasteiger partial charge in [-0.05, 0) is 31.6 Å². The van der Waals surface area contributed by atoms with Crippen LogP contribution >= 0.6 is 0 Å². The summed E-state index contributed by atoms with van der Waals surface area (Å²) in [6.07, 6.45) is 4.89. The second-order valence-electron chi connectivity index (χ2n) is 5.74. The van der Waals surface area contributed by atoms with Crippen molar-refractivity contribution in [2.45, 2.75) is 51.6 Å². The minimum absolute atomic E-state index is 0.0846. The van der Waals surface area contributed by atoms with Crippen LogP contribution in [0.3, 0.4) is 0 Å². The molecule has 6 heteroatoms. The Balaban J connectivity index is 2.16. The minimum Gasteiger partial charge on any atom is -0.481 e. The van der Waals surface area contributed by atoms with Crippen molar-refractivity contribution in [1.82, 2.24) is 10.2 Å². The molecule has 0 bridgehead atoms. The zero-order valence-electron chi connectivity index (χ0n) is 13.1. The molecule has 2 N–H and O–H groups in total. The highest BCUT2D eigenvalue weighted by Gasteiger charge is 2.20. The number of nitrogens with one attached hydrogen (secondary N) is 1. The average Bonchev–Trinajstić information content (AvgIpc) is 2.94. The highest BCUT2D eigenvalue weighted by Crippen LogP contribution is 2.15. The van der Waals surface area contributed by atoms with Crippen molar-refractivity contribution in [2.24, 2.45) is 5.92 Å². The van der Waals surface area contributed by atoms with E-state index in [1.165, 1.54) is 0 Å². The van der Waals surface area contributed by atoms with E-state index in [1.807, 2.05) is 0 Å². The highest BCUT2D eigenvalue weighted by atomic mass is 16.5. The van der Waals surface area contributed by atoms with Gasteiger partial charge in [0.1, 0.15) is 0 Å². The number of carboxylic acid groups (broad SMARTS) is 1. The average molecular weight is 300 g/mol. The van der Waals surface area contributed by atoms with E-state index in [-0.39, 0.29) is 18.6 Å². The predicted octanol–water partition coefficient (Wildman–Crippen LogP) is 2.09. The lowest BCUT2D eigenvalue weighted by Gasteiger charge is -2.22. The van der Waals surface area contributed by atoms with E-state index in [9.17, 15) is 9.59 Å². The van der Waals surface area contributed by atoms with Gasteiger partial charge in [-0.1, -0.05) is 13.3 Å². The molecule has 1 fully saturated rings. The maximum atomic E-state index is 11.9. The van der Waals surface area contributed by atoms with Crippen LogP contribution in [0.25, 0.3) is 0 Å². The van der Waals surface area contributed by atoms with Crippen LogP contribution in [0.15, 0.2) is 0 Å². The predicted molar refractivity (Wildman–Crippen MR) is 80.3 cm³/mol. The van der Waals surface area contributed by atoms with Crippen LogP contribution in [0.4, 0.5) is 4.79 Å². The molecular formula is C15H28N2O4. The number of hydrogen-bond donors (Lipinski definition) is 2. The molecule has 2 unspecified atom stereocenters. The second-order valence-corrected chi connectivity index (χ2v) is 5.74. The first-order valence-corrected chi connectivity index (χ1v) is 7.85. The van der Waals surface area contributed by atoms with Crippen molar-refractivity contribution in [1.29, 1.82) is 0 Å². The summed E-state index contributed by atoms with van der Waals surface area (Å²) < 4.78 is 5.51. The summed E-state index contributed by atoms with van der Waals surface area (Å²) in [7, 11) is 1.78. The Morgan fingerprint density at radius 1 is 1.43 bits per heavy atom. The van der Waals surface area contributed by atoms with Gasteiger partial charge in [0.15, 0.2) is 0 Å². The molecule has 1 rings (SSSR count). The Labute approximate surface area is 126 Å². The van der Waals surface area contributed by atoms with Gasteiger partial charge in [-0.25, -0.2) is 4.79 Å². The lowest BCUT2D eigenvalue weighted by Crippen LogP contribution is -2.41. The first-order valence-electron chi connectivity index (χ1n) is 7.85. The number of carboxylic acids is 1. The van der Waals surface area contributed by atoms with Crippen LogP contribution in [0.2, 0.25) is 0 Å². The maximum Gasteiger partial charge on any atom is 0.317 e. The van der Waals surface area contributed by atoms with E-state index in [2.05, 4.69) is 12.2 Å². The third-order valence-electron chi connectivity index (χ3n) is 4.02. The lowest BCUT2D eigenvalue weighted by atomic mass is 9.97. The molecule has 0 aromatic heterocycles. The van der Waals surface area contributed by atoms with Crippen molar-refractivity contribution in [3.63, 3.8) is 0 Å². The molecule has 0 aromatic carbocycles. The SMILES string of the molecule is CCC(CCNC(=O)N(C)CC1CCCO1)CCC(=O)O. The molecule has 0 spiro atoms. The number of rotatable bonds is 9. The van der Waals surface area contributed by atoms with Gasteiger partial charge in [0.05, 0.1) is 6.10 Å². The Kier molecular flexibility index (Phi) is 8.12. The van der Waals surface area contributed by atoms with E-state index in [1.54, 1.807) is 11.9 Å². The van der Waals surface area contributed by atoms with E-state index in [0.717, 1.165) is 32.3 Å². The van der Waals surface area contributed by atoms with Crippen molar-refractivity contribution < 1.29 is 19.4 Å². The third-order valence-corrected chi connectivity index (χ3v) is 4.02. The number of likely N-dealkylation sites (N-methyl/N-ethyl adjacent to an activating group) is 1. The van der Waals surface area contributed by atoms with Gasteiger partial charge in [0.25, 0.3) is 0 Å². The molecule has 0 radical (unpaired) electrons. The molecule has 1 saturated heterocycles. The topological polar surface area (TPSA) is 78.9 Å². The van der Waals surface area contributed by atoms with Crippen LogP contribution in [0.1, 0.15) is 45.4 Å². The smallest absolute Gasteiger partial charge is 0.317 e. The van der Waals surface area contributed by atoms with Crippen molar-refractivity contribution in [3.8, 4) is 0 Å². The molecule has 21 heavy (non-hydrogen) atoms. The summed E-state index contributed by atoms with van der Waals surface area (Å²) in [5, 5.41) is 11.6. The molecular weight excluding hydrogens is 272 g/mol. The van der Waals surface area contributed by atoms with E-state index >= 15 is 0 Å². The molecule has 122 valence electrons. The van der Waals surface area contributed by atoms with E-state index in [4.69, 9.17) is 9.84 Å².